The molecule has 2 aliphatic rings. The third-order valence-corrected chi connectivity index (χ3v) is 6.64. The van der Waals surface area contributed by atoms with Crippen molar-refractivity contribution in [3.63, 3.8) is 0 Å². The van der Waals surface area contributed by atoms with E-state index in [1.165, 1.54) is 19.3 Å². The summed E-state index contributed by atoms with van der Waals surface area (Å²) in [6.45, 7) is 6.03. The molecule has 10 heteroatoms. The third-order valence-electron chi connectivity index (χ3n) is 6.64. The Bertz CT molecular complexity index is 1120. The minimum atomic E-state index is 0.0518. The molecule has 5 rings (SSSR count). The summed E-state index contributed by atoms with van der Waals surface area (Å²) in [5.74, 6) is 2.19. The normalized spacial score (nSPS) is 19.2. The minimum absolute atomic E-state index is 0.0518. The maximum atomic E-state index is 12.7. The quantitative estimate of drug-likeness (QED) is 0.615. The van der Waals surface area contributed by atoms with Crippen LogP contribution in [0.25, 0.3) is 22.6 Å². The topological polar surface area (TPSA) is 114 Å². The highest BCUT2D eigenvalue weighted by Gasteiger charge is 2.29. The van der Waals surface area contributed by atoms with E-state index in [4.69, 9.17) is 4.98 Å². The monoisotopic (exact) mass is 449 g/mol. The van der Waals surface area contributed by atoms with Gasteiger partial charge in [-0.1, -0.05) is 19.3 Å². The zero-order valence-electron chi connectivity index (χ0n) is 19.3. The van der Waals surface area contributed by atoms with E-state index >= 15 is 0 Å². The number of aromatic nitrogens is 6. The molecule has 0 bridgehead atoms. The van der Waals surface area contributed by atoms with Crippen molar-refractivity contribution < 1.29 is 4.79 Å². The van der Waals surface area contributed by atoms with Crippen LogP contribution >= 0.6 is 0 Å². The van der Waals surface area contributed by atoms with Gasteiger partial charge in [0.2, 0.25) is 0 Å². The van der Waals surface area contributed by atoms with Crippen molar-refractivity contribution >= 4 is 23.0 Å². The van der Waals surface area contributed by atoms with E-state index in [9.17, 15) is 4.79 Å². The van der Waals surface area contributed by atoms with Crippen LogP contribution in [-0.4, -0.2) is 65.6 Å². The molecule has 33 heavy (non-hydrogen) atoms. The van der Waals surface area contributed by atoms with Gasteiger partial charge in [0.15, 0.2) is 17.0 Å². The highest BCUT2D eigenvalue weighted by atomic mass is 16.2. The Labute approximate surface area is 193 Å². The number of hydrogen-bond donors (Lipinski definition) is 2. The van der Waals surface area contributed by atoms with Gasteiger partial charge in [0.25, 0.3) is 0 Å². The molecule has 1 atom stereocenters. The summed E-state index contributed by atoms with van der Waals surface area (Å²) in [5, 5.41) is 6.74. The van der Waals surface area contributed by atoms with Crippen LogP contribution in [0.2, 0.25) is 0 Å². The Morgan fingerprint density at radius 2 is 1.85 bits per heavy atom. The van der Waals surface area contributed by atoms with E-state index in [2.05, 4.69) is 42.1 Å². The second-order valence-corrected chi connectivity index (χ2v) is 8.95. The lowest BCUT2D eigenvalue weighted by Crippen LogP contribution is -2.45. The van der Waals surface area contributed by atoms with Gasteiger partial charge in [0.05, 0.1) is 5.56 Å². The van der Waals surface area contributed by atoms with E-state index in [0.29, 0.717) is 24.9 Å². The first kappa shape index (κ1) is 21.5. The van der Waals surface area contributed by atoms with Gasteiger partial charge in [0, 0.05) is 44.1 Å². The summed E-state index contributed by atoms with van der Waals surface area (Å²) in [5.41, 5.74) is 2.34. The molecule has 2 N–H and O–H groups in total. The number of carbonyl (C=O) groups excluding carboxylic acids is 1. The number of rotatable bonds is 5. The van der Waals surface area contributed by atoms with Gasteiger partial charge in [0.1, 0.15) is 18.0 Å². The Balaban J connectivity index is 1.32. The number of fused-ring (bicyclic) bond motifs is 1. The fraction of sp³-hybridized carbons (Fsp3) is 0.565. The predicted octanol–water partition coefficient (Wildman–Crippen LogP) is 3.14. The molecule has 0 spiro atoms. The number of aryl methyl sites for hydroxylation is 2. The Morgan fingerprint density at radius 1 is 1.06 bits per heavy atom. The van der Waals surface area contributed by atoms with Gasteiger partial charge in [-0.15, -0.1) is 0 Å². The van der Waals surface area contributed by atoms with E-state index in [1.54, 1.807) is 18.7 Å². The average molecular weight is 450 g/mol. The van der Waals surface area contributed by atoms with Crippen molar-refractivity contribution in [2.24, 2.45) is 0 Å². The molecule has 0 radical (unpaired) electrons. The molecule has 0 aromatic carbocycles. The van der Waals surface area contributed by atoms with Crippen LogP contribution in [0, 0.1) is 6.92 Å². The summed E-state index contributed by atoms with van der Waals surface area (Å²) in [6, 6.07) is 0.496. The molecule has 1 saturated heterocycles. The smallest absolute Gasteiger partial charge is 0.317 e. The van der Waals surface area contributed by atoms with E-state index < -0.39 is 0 Å². The zero-order chi connectivity index (χ0) is 22.8. The van der Waals surface area contributed by atoms with Gasteiger partial charge in [-0.3, -0.25) is 0 Å². The molecule has 174 valence electrons. The van der Waals surface area contributed by atoms with Gasteiger partial charge < -0.3 is 20.1 Å². The summed E-state index contributed by atoms with van der Waals surface area (Å²) < 4.78 is 2.05. The second kappa shape index (κ2) is 9.29. The van der Waals surface area contributed by atoms with Crippen LogP contribution in [-0.2, 0) is 6.54 Å². The number of hydrogen-bond acceptors (Lipinski definition) is 7. The molecule has 3 aromatic heterocycles. The van der Waals surface area contributed by atoms with Crippen molar-refractivity contribution in [3.05, 3.63) is 24.5 Å². The largest absolute Gasteiger partial charge is 0.364 e. The fourth-order valence-corrected chi connectivity index (χ4v) is 4.84. The number of likely N-dealkylation sites (tertiary alicyclic amines) is 1. The third kappa shape index (κ3) is 4.46. The first-order valence-corrected chi connectivity index (χ1v) is 11.9. The highest BCUT2D eigenvalue weighted by molar-refractivity contribution is 5.86. The number of amides is 2. The standard InChI is InChI=1S/C23H31N9O/c1-3-32-21(16-11-24-15(2)25-12-16)30-19-20(26-14-27-22(19)32)28-18-9-10-31(13-18)23(33)29-17-7-5-4-6-8-17/h11-12,14,17-18H,3-10,13H2,1-2H3,(H,29,33)(H,26,27,28)/t18-/m0/s1. The first-order valence-electron chi connectivity index (χ1n) is 11.9. The summed E-state index contributed by atoms with van der Waals surface area (Å²) in [7, 11) is 0. The van der Waals surface area contributed by atoms with E-state index in [0.717, 1.165) is 54.2 Å². The molecule has 3 aromatic rings. The number of carbonyl (C=O) groups is 1. The molecule has 1 aliphatic carbocycles. The summed E-state index contributed by atoms with van der Waals surface area (Å²) in [6.07, 6.45) is 11.9. The number of imidazole rings is 1. The summed E-state index contributed by atoms with van der Waals surface area (Å²) in [4.78, 5) is 37.1. The summed E-state index contributed by atoms with van der Waals surface area (Å²) >= 11 is 0. The van der Waals surface area contributed by atoms with Gasteiger partial charge >= 0.3 is 6.03 Å². The lowest BCUT2D eigenvalue weighted by Gasteiger charge is -2.26. The second-order valence-electron chi connectivity index (χ2n) is 8.95. The average Bonchev–Trinajstić information content (AvgIpc) is 3.45. The van der Waals surface area contributed by atoms with Gasteiger partial charge in [-0.05, 0) is 33.1 Å². The molecule has 2 fully saturated rings. The molecule has 1 aliphatic heterocycles. The first-order chi connectivity index (χ1) is 16.1. The number of nitrogens with one attached hydrogen (secondary N) is 2. The lowest BCUT2D eigenvalue weighted by atomic mass is 9.96. The maximum absolute atomic E-state index is 12.7. The van der Waals surface area contributed by atoms with Crippen molar-refractivity contribution in [1.29, 1.82) is 0 Å². The van der Waals surface area contributed by atoms with Crippen molar-refractivity contribution in [1.82, 2.24) is 39.7 Å². The fourth-order valence-electron chi connectivity index (χ4n) is 4.84. The van der Waals surface area contributed by atoms with Crippen molar-refractivity contribution in [3.8, 4) is 11.4 Å². The lowest BCUT2D eigenvalue weighted by molar-refractivity contribution is 0.200. The molecular weight excluding hydrogens is 418 g/mol. The Kier molecular flexibility index (Phi) is 6.06. The SMILES string of the molecule is CCn1c(-c2cnc(C)nc2)nc2c(N[C@H]3CCN(C(=O)NC4CCCCC4)C3)ncnc21. The van der Waals surface area contributed by atoms with Crippen LogP contribution in [0.5, 0.6) is 0 Å². The van der Waals surface area contributed by atoms with Crippen LogP contribution in [0.1, 0.15) is 51.3 Å². The van der Waals surface area contributed by atoms with Crippen LogP contribution in [0.4, 0.5) is 10.6 Å². The molecule has 4 heterocycles. The predicted molar refractivity (Wildman–Crippen MR) is 126 cm³/mol. The molecule has 1 saturated carbocycles. The van der Waals surface area contributed by atoms with Crippen molar-refractivity contribution in [2.75, 3.05) is 18.4 Å². The van der Waals surface area contributed by atoms with Crippen LogP contribution < -0.4 is 10.6 Å². The van der Waals surface area contributed by atoms with Gasteiger partial charge in [-0.2, -0.15) is 0 Å². The number of urea groups is 1. The Hall–Kier alpha value is -3.30. The zero-order valence-corrected chi connectivity index (χ0v) is 19.3. The molecular formula is C23H31N9O. The molecule has 0 unspecified atom stereocenters. The van der Waals surface area contributed by atoms with E-state index in [1.807, 2.05) is 11.8 Å². The highest BCUT2D eigenvalue weighted by Crippen LogP contribution is 2.27. The Morgan fingerprint density at radius 3 is 2.61 bits per heavy atom. The van der Waals surface area contributed by atoms with Crippen molar-refractivity contribution in [2.45, 2.75) is 71.0 Å². The van der Waals surface area contributed by atoms with Gasteiger partial charge in [-0.25, -0.2) is 29.7 Å². The number of anilines is 1. The maximum Gasteiger partial charge on any atom is 0.317 e. The minimum Gasteiger partial charge on any atom is -0.364 e. The van der Waals surface area contributed by atoms with Crippen LogP contribution in [0.15, 0.2) is 18.7 Å². The molecule has 10 nitrogen and oxygen atoms in total. The molecule has 2 amide bonds. The van der Waals surface area contributed by atoms with E-state index in [-0.39, 0.29) is 12.1 Å². The number of nitrogens with zero attached hydrogens (tertiary/aromatic N) is 7. The van der Waals surface area contributed by atoms with Crippen LogP contribution in [0.3, 0.4) is 0 Å².